The summed E-state index contributed by atoms with van der Waals surface area (Å²) in [5, 5.41) is 19.5. The van der Waals surface area contributed by atoms with Gasteiger partial charge in [0.2, 0.25) is 0 Å². The summed E-state index contributed by atoms with van der Waals surface area (Å²) in [5.41, 5.74) is 0.936. The molecule has 0 aliphatic heterocycles. The number of benzene rings is 1. The molecule has 0 amide bonds. The number of hydrogen-bond donors (Lipinski definition) is 2. The van der Waals surface area contributed by atoms with E-state index in [1.54, 1.807) is 18.2 Å². The molecule has 2 N–H and O–H groups in total. The zero-order chi connectivity index (χ0) is 17.1. The molecule has 1 atom stereocenters. The quantitative estimate of drug-likeness (QED) is 0.571. The third-order valence-electron chi connectivity index (χ3n) is 4.10. The number of carbonyl (C=O) groups excluding carboxylic acids is 1. The van der Waals surface area contributed by atoms with Crippen molar-refractivity contribution < 1.29 is 19.7 Å². The smallest absolute Gasteiger partial charge is 0.161 e. The molecule has 4 nitrogen and oxygen atoms in total. The summed E-state index contributed by atoms with van der Waals surface area (Å²) >= 11 is 0. The molecule has 1 unspecified atom stereocenters. The third-order valence-corrected chi connectivity index (χ3v) is 4.10. The molecule has 130 valence electrons. The predicted octanol–water partition coefficient (Wildman–Crippen LogP) is 4.01. The summed E-state index contributed by atoms with van der Waals surface area (Å²) in [6.45, 7) is 2.18. The Morgan fingerprint density at radius 3 is 2.57 bits per heavy atom. The Kier molecular flexibility index (Phi) is 9.37. The number of ether oxygens (including phenoxy) is 1. The summed E-state index contributed by atoms with van der Waals surface area (Å²) in [7, 11) is 1.50. The van der Waals surface area contributed by atoms with Crippen LogP contribution in [0, 0.1) is 0 Å². The van der Waals surface area contributed by atoms with E-state index in [0.29, 0.717) is 25.0 Å². The molecule has 1 aromatic rings. The van der Waals surface area contributed by atoms with Crippen LogP contribution in [-0.2, 0) is 11.2 Å². The minimum Gasteiger partial charge on any atom is -0.504 e. The fourth-order valence-corrected chi connectivity index (χ4v) is 2.59. The SMILES string of the molecule is CCCCCCCCC(=O)C(O)CCc1ccc(O)c(OC)c1. The number of methoxy groups -OCH3 is 1. The number of aliphatic hydroxyl groups is 1. The molecule has 0 bridgehead atoms. The molecule has 0 aromatic heterocycles. The van der Waals surface area contributed by atoms with Crippen molar-refractivity contribution >= 4 is 5.78 Å². The number of phenols is 1. The largest absolute Gasteiger partial charge is 0.504 e. The van der Waals surface area contributed by atoms with E-state index in [0.717, 1.165) is 18.4 Å². The highest BCUT2D eigenvalue weighted by Gasteiger charge is 2.14. The highest BCUT2D eigenvalue weighted by molar-refractivity contribution is 5.82. The van der Waals surface area contributed by atoms with Crippen molar-refractivity contribution in [3.8, 4) is 11.5 Å². The van der Waals surface area contributed by atoms with Crippen LogP contribution in [0.1, 0.15) is 63.9 Å². The number of ketones is 1. The molecule has 4 heteroatoms. The Morgan fingerprint density at radius 2 is 1.87 bits per heavy atom. The number of phenolic OH excluding ortho intramolecular Hbond substituents is 1. The molecule has 1 aromatic carbocycles. The average molecular weight is 322 g/mol. The summed E-state index contributed by atoms with van der Waals surface area (Å²) in [6, 6.07) is 5.09. The van der Waals surface area contributed by atoms with Gasteiger partial charge in [-0.2, -0.15) is 0 Å². The van der Waals surface area contributed by atoms with Crippen LogP contribution in [-0.4, -0.2) is 29.2 Å². The van der Waals surface area contributed by atoms with Gasteiger partial charge in [-0.25, -0.2) is 0 Å². The number of unbranched alkanes of at least 4 members (excludes halogenated alkanes) is 5. The van der Waals surface area contributed by atoms with Gasteiger partial charge in [0.25, 0.3) is 0 Å². The summed E-state index contributed by atoms with van der Waals surface area (Å²) in [5.74, 6) is 0.442. The second-order valence-electron chi connectivity index (χ2n) is 6.04. The van der Waals surface area contributed by atoms with Crippen LogP contribution in [0.2, 0.25) is 0 Å². The van der Waals surface area contributed by atoms with Gasteiger partial charge in [-0.05, 0) is 37.0 Å². The minimum absolute atomic E-state index is 0.0637. The van der Waals surface area contributed by atoms with Crippen LogP contribution in [0.4, 0.5) is 0 Å². The summed E-state index contributed by atoms with van der Waals surface area (Å²) in [6.07, 6.45) is 7.37. The van der Waals surface area contributed by atoms with Gasteiger partial charge in [0.1, 0.15) is 6.10 Å². The summed E-state index contributed by atoms with van der Waals surface area (Å²) < 4.78 is 5.05. The van der Waals surface area contributed by atoms with Crippen LogP contribution in [0.25, 0.3) is 0 Å². The Balaban J connectivity index is 2.27. The van der Waals surface area contributed by atoms with Crippen LogP contribution in [0.3, 0.4) is 0 Å². The van der Waals surface area contributed by atoms with Gasteiger partial charge in [0, 0.05) is 6.42 Å². The molecular weight excluding hydrogens is 292 g/mol. The number of rotatable bonds is 12. The highest BCUT2D eigenvalue weighted by atomic mass is 16.5. The molecule has 0 spiro atoms. The monoisotopic (exact) mass is 322 g/mol. The maximum absolute atomic E-state index is 11.9. The second kappa shape index (κ2) is 11.1. The molecule has 1 rings (SSSR count). The maximum Gasteiger partial charge on any atom is 0.161 e. The van der Waals surface area contributed by atoms with Crippen molar-refractivity contribution in [3.05, 3.63) is 23.8 Å². The molecular formula is C19H30O4. The molecule has 23 heavy (non-hydrogen) atoms. The number of aliphatic hydroxyl groups excluding tert-OH is 1. The van der Waals surface area contributed by atoms with Gasteiger partial charge in [-0.3, -0.25) is 4.79 Å². The first-order valence-electron chi connectivity index (χ1n) is 8.65. The van der Waals surface area contributed by atoms with E-state index in [1.807, 2.05) is 0 Å². The fraction of sp³-hybridized carbons (Fsp3) is 0.632. The van der Waals surface area contributed by atoms with E-state index in [9.17, 15) is 15.0 Å². The number of aromatic hydroxyl groups is 1. The van der Waals surface area contributed by atoms with Crippen molar-refractivity contribution in [2.75, 3.05) is 7.11 Å². The topological polar surface area (TPSA) is 66.8 Å². The lowest BCUT2D eigenvalue weighted by molar-refractivity contribution is -0.127. The van der Waals surface area contributed by atoms with E-state index in [2.05, 4.69) is 6.92 Å². The van der Waals surface area contributed by atoms with Gasteiger partial charge in [-0.1, -0.05) is 45.1 Å². The van der Waals surface area contributed by atoms with Crippen molar-refractivity contribution in [1.82, 2.24) is 0 Å². The highest BCUT2D eigenvalue weighted by Crippen LogP contribution is 2.27. The molecule has 0 radical (unpaired) electrons. The zero-order valence-electron chi connectivity index (χ0n) is 14.4. The number of Topliss-reactive ketones (excluding diaryl/α,β-unsaturated/α-hetero) is 1. The van der Waals surface area contributed by atoms with Gasteiger partial charge in [0.15, 0.2) is 17.3 Å². The molecule has 0 heterocycles. The number of hydrogen-bond acceptors (Lipinski definition) is 4. The fourth-order valence-electron chi connectivity index (χ4n) is 2.59. The zero-order valence-corrected chi connectivity index (χ0v) is 14.4. The summed E-state index contributed by atoms with van der Waals surface area (Å²) in [4.78, 5) is 11.9. The predicted molar refractivity (Wildman–Crippen MR) is 92.0 cm³/mol. The third kappa shape index (κ3) is 7.51. The molecule has 0 aliphatic carbocycles. The van der Waals surface area contributed by atoms with E-state index >= 15 is 0 Å². The van der Waals surface area contributed by atoms with Gasteiger partial charge >= 0.3 is 0 Å². The lowest BCUT2D eigenvalue weighted by Gasteiger charge is -2.11. The van der Waals surface area contributed by atoms with Crippen molar-refractivity contribution in [1.29, 1.82) is 0 Å². The van der Waals surface area contributed by atoms with Crippen molar-refractivity contribution in [3.63, 3.8) is 0 Å². The Labute approximate surface area is 139 Å². The normalized spacial score (nSPS) is 12.1. The van der Waals surface area contributed by atoms with E-state index in [4.69, 9.17) is 4.74 Å². The van der Waals surface area contributed by atoms with Crippen LogP contribution in [0.5, 0.6) is 11.5 Å². The van der Waals surface area contributed by atoms with Gasteiger partial charge in [-0.15, -0.1) is 0 Å². The Bertz CT molecular complexity index is 470. The van der Waals surface area contributed by atoms with E-state index in [1.165, 1.54) is 32.8 Å². The lowest BCUT2D eigenvalue weighted by Crippen LogP contribution is -2.20. The standard InChI is InChI=1S/C19H30O4/c1-3-4-5-6-7-8-9-16(20)17(21)12-10-15-11-13-18(22)19(14-15)23-2/h11,13-14,17,21-22H,3-10,12H2,1-2H3. The van der Waals surface area contributed by atoms with Crippen molar-refractivity contribution in [2.45, 2.75) is 70.8 Å². The minimum atomic E-state index is -0.898. The molecule has 0 saturated heterocycles. The first kappa shape index (κ1) is 19.5. The van der Waals surface area contributed by atoms with Gasteiger partial charge < -0.3 is 14.9 Å². The second-order valence-corrected chi connectivity index (χ2v) is 6.04. The van der Waals surface area contributed by atoms with E-state index in [-0.39, 0.29) is 11.5 Å². The molecule has 0 aliphatic rings. The Morgan fingerprint density at radius 1 is 1.17 bits per heavy atom. The van der Waals surface area contributed by atoms with Crippen LogP contribution < -0.4 is 4.74 Å². The van der Waals surface area contributed by atoms with Crippen LogP contribution >= 0.6 is 0 Å². The first-order valence-corrected chi connectivity index (χ1v) is 8.65. The maximum atomic E-state index is 11.9. The molecule has 0 saturated carbocycles. The first-order chi connectivity index (χ1) is 11.1. The van der Waals surface area contributed by atoms with Crippen molar-refractivity contribution in [2.24, 2.45) is 0 Å². The number of aryl methyl sites for hydroxylation is 1. The molecule has 0 fully saturated rings. The average Bonchev–Trinajstić information content (AvgIpc) is 2.56. The van der Waals surface area contributed by atoms with E-state index < -0.39 is 6.10 Å². The Hall–Kier alpha value is -1.55. The lowest BCUT2D eigenvalue weighted by atomic mass is 10.0. The number of carbonyl (C=O) groups is 1. The van der Waals surface area contributed by atoms with Crippen LogP contribution in [0.15, 0.2) is 18.2 Å². The van der Waals surface area contributed by atoms with Gasteiger partial charge in [0.05, 0.1) is 7.11 Å².